The summed E-state index contributed by atoms with van der Waals surface area (Å²) in [6.07, 6.45) is 4.81. The van der Waals surface area contributed by atoms with Crippen LogP contribution in [0.2, 0.25) is 0 Å². The molecule has 1 amide bonds. The van der Waals surface area contributed by atoms with E-state index in [1.807, 2.05) is 0 Å². The van der Waals surface area contributed by atoms with Crippen molar-refractivity contribution in [2.45, 2.75) is 43.0 Å². The van der Waals surface area contributed by atoms with Crippen LogP contribution in [0.5, 0.6) is 0 Å². The Kier molecular flexibility index (Phi) is 6.52. The van der Waals surface area contributed by atoms with Gasteiger partial charge in [0, 0.05) is 24.7 Å². The van der Waals surface area contributed by atoms with E-state index in [2.05, 4.69) is 15.5 Å². The molecule has 1 N–H and O–H groups in total. The van der Waals surface area contributed by atoms with Crippen LogP contribution in [0, 0.1) is 11.6 Å². The molecular formula is C22H22F2N4O4S. The van der Waals surface area contributed by atoms with Crippen LogP contribution in [0.15, 0.2) is 51.8 Å². The Morgan fingerprint density at radius 1 is 1.06 bits per heavy atom. The minimum atomic E-state index is -3.68. The molecule has 3 aromatic rings. The SMILES string of the molecule is CN(C1CCCCC1)S(=O)(=O)c1ccc(C(=O)Nc2nnc(-c3ccc(F)cc3F)o2)cc1. The van der Waals surface area contributed by atoms with E-state index >= 15 is 0 Å². The van der Waals surface area contributed by atoms with E-state index in [1.54, 1.807) is 7.05 Å². The topological polar surface area (TPSA) is 105 Å². The summed E-state index contributed by atoms with van der Waals surface area (Å²) < 4.78 is 59.4. The predicted octanol–water partition coefficient (Wildman–Crippen LogP) is 4.22. The second kappa shape index (κ2) is 9.36. The Balaban J connectivity index is 1.45. The Labute approximate surface area is 189 Å². The van der Waals surface area contributed by atoms with Crippen LogP contribution in [-0.2, 0) is 10.0 Å². The molecule has 0 spiro atoms. The summed E-state index contributed by atoms with van der Waals surface area (Å²) in [5.41, 5.74) is 0.0584. The van der Waals surface area contributed by atoms with Crippen molar-refractivity contribution < 1.29 is 26.4 Å². The van der Waals surface area contributed by atoms with Gasteiger partial charge in [0.2, 0.25) is 10.0 Å². The Hall–Kier alpha value is -3.18. The standard InChI is InChI=1S/C22H22F2N4O4S/c1-28(16-5-3-2-4-6-16)33(30,31)17-10-7-14(8-11-17)20(29)25-22-27-26-21(32-22)18-12-9-15(23)13-19(18)24/h7-13,16H,2-6H2,1H3,(H,25,27,29). The minimum absolute atomic E-state index is 0.0237. The third kappa shape index (κ3) is 4.93. The van der Waals surface area contributed by atoms with E-state index in [0.29, 0.717) is 6.07 Å². The maximum Gasteiger partial charge on any atom is 0.322 e. The summed E-state index contributed by atoms with van der Waals surface area (Å²) in [5.74, 6) is -2.48. The van der Waals surface area contributed by atoms with Gasteiger partial charge in [-0.2, -0.15) is 4.31 Å². The molecule has 0 bridgehead atoms. The third-order valence-corrected chi connectivity index (χ3v) is 7.61. The highest BCUT2D eigenvalue weighted by molar-refractivity contribution is 7.89. The number of carbonyl (C=O) groups excluding carboxylic acids is 1. The van der Waals surface area contributed by atoms with Gasteiger partial charge in [0.15, 0.2) is 0 Å². The normalized spacial score (nSPS) is 15.0. The number of amides is 1. The van der Waals surface area contributed by atoms with E-state index < -0.39 is 27.6 Å². The molecule has 8 nitrogen and oxygen atoms in total. The number of hydrogen-bond acceptors (Lipinski definition) is 6. The molecule has 1 fully saturated rings. The molecule has 0 atom stereocenters. The molecule has 1 aliphatic carbocycles. The number of aromatic nitrogens is 2. The predicted molar refractivity (Wildman–Crippen MR) is 116 cm³/mol. The van der Waals surface area contributed by atoms with Crippen LogP contribution in [-0.4, -0.2) is 41.9 Å². The average Bonchev–Trinajstić information content (AvgIpc) is 3.27. The molecule has 1 aromatic heterocycles. The van der Waals surface area contributed by atoms with Gasteiger partial charge in [-0.25, -0.2) is 17.2 Å². The Morgan fingerprint density at radius 3 is 2.42 bits per heavy atom. The second-order valence-corrected chi connectivity index (χ2v) is 9.83. The number of nitrogens with zero attached hydrogens (tertiary/aromatic N) is 3. The van der Waals surface area contributed by atoms with Crippen molar-refractivity contribution in [2.75, 3.05) is 12.4 Å². The molecule has 11 heteroatoms. The zero-order valence-corrected chi connectivity index (χ0v) is 18.6. The van der Waals surface area contributed by atoms with Crippen LogP contribution in [0.1, 0.15) is 42.5 Å². The lowest BCUT2D eigenvalue weighted by Crippen LogP contribution is -2.38. The highest BCUT2D eigenvalue weighted by atomic mass is 32.2. The fourth-order valence-electron chi connectivity index (χ4n) is 3.80. The Morgan fingerprint density at radius 2 is 1.76 bits per heavy atom. The second-order valence-electron chi connectivity index (χ2n) is 7.83. The van der Waals surface area contributed by atoms with Gasteiger partial charge in [-0.15, -0.1) is 5.10 Å². The van der Waals surface area contributed by atoms with E-state index in [4.69, 9.17) is 4.42 Å². The van der Waals surface area contributed by atoms with Gasteiger partial charge in [0.25, 0.3) is 11.8 Å². The number of rotatable bonds is 6. The number of carbonyl (C=O) groups is 1. The smallest absolute Gasteiger partial charge is 0.322 e. The van der Waals surface area contributed by atoms with Gasteiger partial charge in [0.1, 0.15) is 11.6 Å². The van der Waals surface area contributed by atoms with Crippen LogP contribution in [0.3, 0.4) is 0 Å². The molecule has 2 aromatic carbocycles. The average molecular weight is 477 g/mol. The molecule has 1 heterocycles. The van der Waals surface area contributed by atoms with Crippen molar-refractivity contribution in [3.8, 4) is 11.5 Å². The number of nitrogens with one attached hydrogen (secondary N) is 1. The number of benzene rings is 2. The number of sulfonamides is 1. The molecule has 0 radical (unpaired) electrons. The van der Waals surface area contributed by atoms with Crippen molar-refractivity contribution in [3.63, 3.8) is 0 Å². The monoisotopic (exact) mass is 476 g/mol. The first-order valence-electron chi connectivity index (χ1n) is 10.4. The molecule has 0 aliphatic heterocycles. The maximum absolute atomic E-state index is 13.9. The molecule has 0 unspecified atom stereocenters. The van der Waals surface area contributed by atoms with Gasteiger partial charge in [-0.1, -0.05) is 24.4 Å². The molecular weight excluding hydrogens is 454 g/mol. The molecule has 33 heavy (non-hydrogen) atoms. The van der Waals surface area contributed by atoms with E-state index in [9.17, 15) is 22.0 Å². The van der Waals surface area contributed by atoms with E-state index in [1.165, 1.54) is 28.6 Å². The summed E-state index contributed by atoms with van der Waals surface area (Å²) in [7, 11) is -2.09. The highest BCUT2D eigenvalue weighted by Gasteiger charge is 2.29. The van der Waals surface area contributed by atoms with Crippen molar-refractivity contribution in [1.82, 2.24) is 14.5 Å². The van der Waals surface area contributed by atoms with Crippen molar-refractivity contribution in [1.29, 1.82) is 0 Å². The van der Waals surface area contributed by atoms with Crippen LogP contribution >= 0.6 is 0 Å². The zero-order chi connectivity index (χ0) is 23.6. The fourth-order valence-corrected chi connectivity index (χ4v) is 5.22. The van der Waals surface area contributed by atoms with Crippen LogP contribution in [0.25, 0.3) is 11.5 Å². The van der Waals surface area contributed by atoms with Crippen LogP contribution in [0.4, 0.5) is 14.8 Å². The quantitative estimate of drug-likeness (QED) is 0.571. The third-order valence-electron chi connectivity index (χ3n) is 5.69. The van der Waals surface area contributed by atoms with E-state index in [-0.39, 0.29) is 34.0 Å². The summed E-state index contributed by atoms with van der Waals surface area (Å²) in [6.45, 7) is 0. The van der Waals surface area contributed by atoms with Gasteiger partial charge >= 0.3 is 6.01 Å². The van der Waals surface area contributed by atoms with E-state index in [0.717, 1.165) is 44.2 Å². The maximum atomic E-state index is 13.9. The largest absolute Gasteiger partial charge is 0.403 e. The molecule has 1 aliphatic rings. The van der Waals surface area contributed by atoms with Crippen molar-refractivity contribution >= 4 is 21.9 Å². The van der Waals surface area contributed by atoms with Gasteiger partial charge in [-0.3, -0.25) is 10.1 Å². The summed E-state index contributed by atoms with van der Waals surface area (Å²) >= 11 is 0. The summed E-state index contributed by atoms with van der Waals surface area (Å²) in [6, 6.07) is 8.07. The summed E-state index contributed by atoms with van der Waals surface area (Å²) in [4.78, 5) is 12.6. The lowest BCUT2D eigenvalue weighted by molar-refractivity contribution is 0.102. The van der Waals surface area contributed by atoms with Crippen LogP contribution < -0.4 is 5.32 Å². The molecule has 1 saturated carbocycles. The minimum Gasteiger partial charge on any atom is -0.403 e. The lowest BCUT2D eigenvalue weighted by Gasteiger charge is -2.30. The first-order valence-corrected chi connectivity index (χ1v) is 11.9. The number of hydrogen-bond donors (Lipinski definition) is 1. The van der Waals surface area contributed by atoms with Crippen molar-refractivity contribution in [3.05, 3.63) is 59.7 Å². The highest BCUT2D eigenvalue weighted by Crippen LogP contribution is 2.27. The van der Waals surface area contributed by atoms with Crippen molar-refractivity contribution in [2.24, 2.45) is 0 Å². The first kappa shape index (κ1) is 23.0. The van der Waals surface area contributed by atoms with Gasteiger partial charge < -0.3 is 4.42 Å². The Bertz CT molecular complexity index is 1260. The summed E-state index contributed by atoms with van der Waals surface area (Å²) in [5, 5.41) is 9.67. The molecule has 4 rings (SSSR count). The lowest BCUT2D eigenvalue weighted by atomic mass is 9.96. The number of anilines is 1. The first-order chi connectivity index (χ1) is 15.8. The number of halogens is 2. The van der Waals surface area contributed by atoms with Gasteiger partial charge in [-0.05, 0) is 49.2 Å². The molecule has 174 valence electrons. The molecule has 0 saturated heterocycles. The fraction of sp³-hybridized carbons (Fsp3) is 0.318. The van der Waals surface area contributed by atoms with Gasteiger partial charge in [0.05, 0.1) is 10.5 Å². The zero-order valence-electron chi connectivity index (χ0n) is 17.8.